The second-order valence-electron chi connectivity index (χ2n) is 4.08. The van der Waals surface area contributed by atoms with Gasteiger partial charge in [-0.25, -0.2) is 0 Å². The molecule has 2 aromatic carbocycles. The second kappa shape index (κ2) is 4.42. The number of aromatic amines is 1. The van der Waals surface area contributed by atoms with Crippen LogP contribution in [0.25, 0.3) is 22.0 Å². The zero-order valence-electron chi connectivity index (χ0n) is 9.48. The summed E-state index contributed by atoms with van der Waals surface area (Å²) in [4.78, 5) is 14.9. The van der Waals surface area contributed by atoms with Gasteiger partial charge in [0.2, 0.25) is 0 Å². The highest BCUT2D eigenvalue weighted by Gasteiger charge is 2.05. The highest BCUT2D eigenvalue weighted by atomic mass is 79.9. The minimum Gasteiger partial charge on any atom is -0.321 e. The fourth-order valence-electron chi connectivity index (χ4n) is 2.04. The number of benzene rings is 2. The van der Waals surface area contributed by atoms with Gasteiger partial charge in [0.1, 0.15) is 0 Å². The predicted octanol–water partition coefficient (Wildman–Crippen LogP) is 3.96. The number of rotatable bonds is 1. The van der Waals surface area contributed by atoms with Gasteiger partial charge in [0.05, 0.1) is 5.69 Å². The molecule has 0 aliphatic carbocycles. The van der Waals surface area contributed by atoms with Crippen LogP contribution in [0.3, 0.4) is 0 Å². The minimum atomic E-state index is -0.0566. The van der Waals surface area contributed by atoms with Crippen LogP contribution >= 0.6 is 15.9 Å². The average Bonchev–Trinajstić information content (AvgIpc) is 2.39. The lowest BCUT2D eigenvalue weighted by Crippen LogP contribution is -2.07. The van der Waals surface area contributed by atoms with E-state index in [2.05, 4.69) is 20.9 Å². The monoisotopic (exact) mass is 299 g/mol. The Morgan fingerprint density at radius 1 is 0.944 bits per heavy atom. The fourth-order valence-corrected chi connectivity index (χ4v) is 2.53. The van der Waals surface area contributed by atoms with Gasteiger partial charge in [-0.05, 0) is 23.6 Å². The van der Waals surface area contributed by atoms with Crippen molar-refractivity contribution in [1.82, 2.24) is 4.98 Å². The Balaban J connectivity index is 2.32. The van der Waals surface area contributed by atoms with E-state index in [1.807, 2.05) is 54.6 Å². The molecule has 0 unspecified atom stereocenters. The number of hydrogen-bond donors (Lipinski definition) is 1. The Labute approximate surface area is 112 Å². The highest BCUT2D eigenvalue weighted by molar-refractivity contribution is 9.10. The molecule has 0 saturated heterocycles. The fraction of sp³-hybridized carbons (Fsp3) is 0. The number of nitrogens with one attached hydrogen (secondary N) is 1. The maximum absolute atomic E-state index is 12.0. The zero-order valence-corrected chi connectivity index (χ0v) is 11.1. The van der Waals surface area contributed by atoms with Crippen molar-refractivity contribution in [3.8, 4) is 11.3 Å². The van der Waals surface area contributed by atoms with Crippen molar-refractivity contribution >= 4 is 26.7 Å². The van der Waals surface area contributed by atoms with Crippen LogP contribution in [0.15, 0.2) is 63.9 Å². The van der Waals surface area contributed by atoms with Crippen molar-refractivity contribution in [3.05, 3.63) is 69.4 Å². The molecule has 0 spiro atoms. The van der Waals surface area contributed by atoms with Gasteiger partial charge in [0, 0.05) is 15.4 Å². The average molecular weight is 300 g/mol. The first-order valence-corrected chi connectivity index (χ1v) is 6.42. The van der Waals surface area contributed by atoms with Gasteiger partial charge < -0.3 is 4.98 Å². The van der Waals surface area contributed by atoms with Crippen molar-refractivity contribution < 1.29 is 0 Å². The Morgan fingerprint density at radius 2 is 1.67 bits per heavy atom. The molecular formula is C15H10BrNO. The summed E-state index contributed by atoms with van der Waals surface area (Å²) in [6.07, 6.45) is 0. The van der Waals surface area contributed by atoms with Crippen LogP contribution in [0.1, 0.15) is 0 Å². The van der Waals surface area contributed by atoms with Gasteiger partial charge in [-0.2, -0.15) is 0 Å². The van der Waals surface area contributed by atoms with E-state index in [0.717, 1.165) is 21.1 Å². The van der Waals surface area contributed by atoms with Gasteiger partial charge in [-0.3, -0.25) is 4.79 Å². The number of hydrogen-bond acceptors (Lipinski definition) is 1. The van der Waals surface area contributed by atoms with Gasteiger partial charge >= 0.3 is 0 Å². The summed E-state index contributed by atoms with van der Waals surface area (Å²) in [5, 5.41) is 1.67. The molecule has 0 amide bonds. The molecule has 18 heavy (non-hydrogen) atoms. The Bertz CT molecular complexity index is 777. The standard InChI is InChI=1S/C15H10BrNO/c16-13-8-4-3-7-12(13)14-9-10-5-1-2-6-11(10)15(18)17-14/h1-9H,(H,17,18). The summed E-state index contributed by atoms with van der Waals surface area (Å²) in [7, 11) is 0. The smallest absolute Gasteiger partial charge is 0.256 e. The number of halogens is 1. The van der Waals surface area contributed by atoms with Gasteiger partial charge in [-0.1, -0.05) is 52.3 Å². The number of pyridine rings is 1. The maximum atomic E-state index is 12.0. The Hall–Kier alpha value is -1.87. The molecule has 0 saturated carbocycles. The molecule has 0 aliphatic rings. The molecule has 0 fully saturated rings. The largest absolute Gasteiger partial charge is 0.321 e. The normalized spacial score (nSPS) is 10.7. The van der Waals surface area contributed by atoms with E-state index in [9.17, 15) is 4.79 Å². The molecular weight excluding hydrogens is 290 g/mol. The highest BCUT2D eigenvalue weighted by Crippen LogP contribution is 2.27. The van der Waals surface area contributed by atoms with Crippen molar-refractivity contribution in [3.63, 3.8) is 0 Å². The zero-order chi connectivity index (χ0) is 12.5. The van der Waals surface area contributed by atoms with Crippen LogP contribution in [0.2, 0.25) is 0 Å². The molecule has 3 aromatic rings. The van der Waals surface area contributed by atoms with Crippen molar-refractivity contribution in [1.29, 1.82) is 0 Å². The van der Waals surface area contributed by atoms with E-state index in [-0.39, 0.29) is 5.56 Å². The molecule has 88 valence electrons. The molecule has 0 radical (unpaired) electrons. The van der Waals surface area contributed by atoms with Gasteiger partial charge in [-0.15, -0.1) is 0 Å². The minimum absolute atomic E-state index is 0.0566. The van der Waals surface area contributed by atoms with Crippen LogP contribution in [0, 0.1) is 0 Å². The van der Waals surface area contributed by atoms with Crippen molar-refractivity contribution in [2.24, 2.45) is 0 Å². The number of fused-ring (bicyclic) bond motifs is 1. The molecule has 1 N–H and O–H groups in total. The van der Waals surface area contributed by atoms with Crippen molar-refractivity contribution in [2.75, 3.05) is 0 Å². The number of H-pyrrole nitrogens is 1. The maximum Gasteiger partial charge on any atom is 0.256 e. The van der Waals surface area contributed by atoms with E-state index in [4.69, 9.17) is 0 Å². The van der Waals surface area contributed by atoms with E-state index >= 15 is 0 Å². The molecule has 1 heterocycles. The molecule has 3 heteroatoms. The molecule has 0 atom stereocenters. The summed E-state index contributed by atoms with van der Waals surface area (Å²) in [5.41, 5.74) is 1.75. The van der Waals surface area contributed by atoms with E-state index < -0.39 is 0 Å². The van der Waals surface area contributed by atoms with E-state index in [1.165, 1.54) is 0 Å². The summed E-state index contributed by atoms with van der Waals surface area (Å²) in [5.74, 6) is 0. The predicted molar refractivity (Wildman–Crippen MR) is 77.7 cm³/mol. The molecule has 0 aliphatic heterocycles. The third-order valence-corrected chi connectivity index (χ3v) is 3.61. The molecule has 1 aromatic heterocycles. The third-order valence-electron chi connectivity index (χ3n) is 2.92. The van der Waals surface area contributed by atoms with Gasteiger partial charge in [0.15, 0.2) is 0 Å². The molecule has 0 bridgehead atoms. The van der Waals surface area contributed by atoms with E-state index in [1.54, 1.807) is 0 Å². The topological polar surface area (TPSA) is 32.9 Å². The van der Waals surface area contributed by atoms with Crippen LogP contribution in [-0.4, -0.2) is 4.98 Å². The lowest BCUT2D eigenvalue weighted by molar-refractivity contribution is 1.27. The lowest BCUT2D eigenvalue weighted by Gasteiger charge is -2.06. The van der Waals surface area contributed by atoms with Crippen LogP contribution in [0.5, 0.6) is 0 Å². The summed E-state index contributed by atoms with van der Waals surface area (Å²) in [6.45, 7) is 0. The first-order chi connectivity index (χ1) is 8.75. The molecule has 3 rings (SSSR count). The second-order valence-corrected chi connectivity index (χ2v) is 4.93. The summed E-state index contributed by atoms with van der Waals surface area (Å²) in [6, 6.07) is 17.4. The first kappa shape index (κ1) is 11.2. The summed E-state index contributed by atoms with van der Waals surface area (Å²) < 4.78 is 0.968. The van der Waals surface area contributed by atoms with Crippen LogP contribution < -0.4 is 5.56 Å². The first-order valence-electron chi connectivity index (χ1n) is 5.63. The Morgan fingerprint density at radius 3 is 2.50 bits per heavy atom. The van der Waals surface area contributed by atoms with Crippen molar-refractivity contribution in [2.45, 2.75) is 0 Å². The SMILES string of the molecule is O=c1[nH]c(-c2ccccc2Br)cc2ccccc12. The van der Waals surface area contributed by atoms with Crippen LogP contribution in [0.4, 0.5) is 0 Å². The third kappa shape index (κ3) is 1.87. The lowest BCUT2D eigenvalue weighted by atomic mass is 10.1. The van der Waals surface area contributed by atoms with Gasteiger partial charge in [0.25, 0.3) is 5.56 Å². The van der Waals surface area contributed by atoms with Crippen LogP contribution in [-0.2, 0) is 0 Å². The molecule has 2 nitrogen and oxygen atoms in total. The Kier molecular flexibility index (Phi) is 2.76. The summed E-state index contributed by atoms with van der Waals surface area (Å²) >= 11 is 3.50. The number of aromatic nitrogens is 1. The van der Waals surface area contributed by atoms with E-state index in [0.29, 0.717) is 5.39 Å². The quantitative estimate of drug-likeness (QED) is 0.725.